The summed E-state index contributed by atoms with van der Waals surface area (Å²) in [5, 5.41) is 32.5. The summed E-state index contributed by atoms with van der Waals surface area (Å²) in [7, 11) is 0. The number of carboxylic acids is 2. The Labute approximate surface area is 190 Å². The van der Waals surface area contributed by atoms with E-state index >= 15 is 0 Å². The molecule has 11 heteroatoms. The monoisotopic (exact) mass is 460 g/mol. The molecule has 3 aromatic rings. The zero-order valence-corrected chi connectivity index (χ0v) is 18.4. The van der Waals surface area contributed by atoms with Gasteiger partial charge in [-0.25, -0.2) is 14.6 Å². The molecule has 0 amide bonds. The van der Waals surface area contributed by atoms with Gasteiger partial charge in [0.2, 0.25) is 0 Å². The lowest BCUT2D eigenvalue weighted by Gasteiger charge is -2.21. The molecule has 0 aliphatic carbocycles. The maximum absolute atomic E-state index is 9.77. The number of aryl methyl sites for hydroxylation is 2. The third kappa shape index (κ3) is 8.15. The van der Waals surface area contributed by atoms with E-state index in [0.29, 0.717) is 0 Å². The number of rotatable bonds is 10. The number of imidazole rings is 1. The van der Waals surface area contributed by atoms with E-state index in [1.807, 2.05) is 49.9 Å². The van der Waals surface area contributed by atoms with Crippen LogP contribution in [0.1, 0.15) is 29.8 Å². The Bertz CT molecular complexity index is 1000. The largest absolute Gasteiger partial charge is 0.479 e. The molecule has 0 spiro atoms. The SMILES string of the molecule is CCn1cncc1CN(Cc1ccccn1)Cc1ccc(C)o1.O=C(O)C(O)C(O)C(=O)O. The minimum Gasteiger partial charge on any atom is -0.479 e. The molecule has 0 aliphatic heterocycles. The number of nitrogens with zero attached hydrogens (tertiary/aromatic N) is 4. The van der Waals surface area contributed by atoms with E-state index in [-0.39, 0.29) is 0 Å². The van der Waals surface area contributed by atoms with Gasteiger partial charge in [-0.2, -0.15) is 0 Å². The summed E-state index contributed by atoms with van der Waals surface area (Å²) >= 11 is 0. The molecule has 0 saturated heterocycles. The smallest absolute Gasteiger partial charge is 0.335 e. The molecule has 0 radical (unpaired) electrons. The van der Waals surface area contributed by atoms with Crippen molar-refractivity contribution < 1.29 is 34.4 Å². The van der Waals surface area contributed by atoms with Crippen molar-refractivity contribution in [1.29, 1.82) is 0 Å². The molecule has 3 heterocycles. The van der Waals surface area contributed by atoms with Gasteiger partial charge in [0.15, 0.2) is 12.2 Å². The predicted molar refractivity (Wildman–Crippen MR) is 116 cm³/mol. The van der Waals surface area contributed by atoms with Gasteiger partial charge in [-0.1, -0.05) is 6.07 Å². The van der Waals surface area contributed by atoms with Crippen LogP contribution in [0.3, 0.4) is 0 Å². The molecule has 0 bridgehead atoms. The van der Waals surface area contributed by atoms with Crippen LogP contribution in [0.5, 0.6) is 0 Å². The molecule has 3 rings (SSSR count). The molecule has 0 aliphatic rings. The van der Waals surface area contributed by atoms with Crippen LogP contribution < -0.4 is 0 Å². The second-order valence-corrected chi connectivity index (χ2v) is 7.22. The van der Waals surface area contributed by atoms with Crippen molar-refractivity contribution in [3.05, 3.63) is 72.0 Å². The first-order chi connectivity index (χ1) is 15.7. The average Bonchev–Trinajstić information content (AvgIpc) is 3.41. The van der Waals surface area contributed by atoms with Gasteiger partial charge in [0.05, 0.1) is 24.3 Å². The van der Waals surface area contributed by atoms with Crippen molar-refractivity contribution in [3.8, 4) is 0 Å². The summed E-state index contributed by atoms with van der Waals surface area (Å²) in [5.41, 5.74) is 2.25. The molecule has 4 N–H and O–H groups in total. The highest BCUT2D eigenvalue weighted by Crippen LogP contribution is 2.15. The topological polar surface area (TPSA) is 162 Å². The van der Waals surface area contributed by atoms with Crippen LogP contribution >= 0.6 is 0 Å². The fourth-order valence-corrected chi connectivity index (χ4v) is 2.94. The first-order valence-electron chi connectivity index (χ1n) is 10.2. The van der Waals surface area contributed by atoms with Crippen molar-refractivity contribution in [2.24, 2.45) is 0 Å². The molecule has 11 nitrogen and oxygen atoms in total. The quantitative estimate of drug-likeness (QED) is 0.347. The number of hydrogen-bond acceptors (Lipinski definition) is 8. The highest BCUT2D eigenvalue weighted by Gasteiger charge is 2.29. The predicted octanol–water partition coefficient (Wildman–Crippen LogP) is 1.28. The summed E-state index contributed by atoms with van der Waals surface area (Å²) < 4.78 is 7.91. The Morgan fingerprint density at radius 3 is 2.27 bits per heavy atom. The van der Waals surface area contributed by atoms with Crippen LogP contribution in [0.25, 0.3) is 0 Å². The third-order valence-corrected chi connectivity index (χ3v) is 4.62. The number of aromatic nitrogens is 3. The normalized spacial score (nSPS) is 12.6. The van der Waals surface area contributed by atoms with E-state index in [1.54, 1.807) is 0 Å². The van der Waals surface area contributed by atoms with E-state index in [4.69, 9.17) is 24.8 Å². The van der Waals surface area contributed by atoms with Gasteiger partial charge >= 0.3 is 11.9 Å². The number of aliphatic hydroxyl groups is 2. The van der Waals surface area contributed by atoms with Crippen LogP contribution in [0.15, 0.2) is 53.5 Å². The van der Waals surface area contributed by atoms with Gasteiger partial charge < -0.3 is 29.4 Å². The summed E-state index contributed by atoms with van der Waals surface area (Å²) in [6, 6.07) is 10.1. The number of pyridine rings is 1. The van der Waals surface area contributed by atoms with E-state index in [1.165, 1.54) is 5.69 Å². The summed E-state index contributed by atoms with van der Waals surface area (Å²) in [4.78, 5) is 30.6. The molecule has 0 aromatic carbocycles. The zero-order valence-electron chi connectivity index (χ0n) is 18.4. The highest BCUT2D eigenvalue weighted by molar-refractivity contribution is 5.83. The fourth-order valence-electron chi connectivity index (χ4n) is 2.94. The lowest BCUT2D eigenvalue weighted by Crippen LogP contribution is -2.39. The minimum absolute atomic E-state index is 0.749. The van der Waals surface area contributed by atoms with Crippen molar-refractivity contribution in [3.63, 3.8) is 0 Å². The molecule has 2 unspecified atom stereocenters. The zero-order chi connectivity index (χ0) is 24.4. The molecule has 178 valence electrons. The standard InChI is InChI=1S/C18H22N4O.C4H6O6/c1-3-22-14-19-10-17(22)12-21(11-16-6-4-5-9-20-16)13-18-8-7-15(2)23-18;5-1(3(7)8)2(6)4(9)10/h4-10,14H,3,11-13H2,1-2H3;1-2,5-6H,(H,7,8)(H,9,10). The van der Waals surface area contributed by atoms with Crippen LogP contribution in [-0.4, -0.2) is 64.0 Å². The van der Waals surface area contributed by atoms with Crippen molar-refractivity contribution in [1.82, 2.24) is 19.4 Å². The number of aliphatic carboxylic acids is 2. The number of furan rings is 1. The Morgan fingerprint density at radius 2 is 1.76 bits per heavy atom. The van der Waals surface area contributed by atoms with Gasteiger partial charge in [-0.15, -0.1) is 0 Å². The Kier molecular flexibility index (Phi) is 9.73. The van der Waals surface area contributed by atoms with Crippen LogP contribution in [0.4, 0.5) is 0 Å². The van der Waals surface area contributed by atoms with Gasteiger partial charge in [0.1, 0.15) is 11.5 Å². The van der Waals surface area contributed by atoms with E-state index in [9.17, 15) is 9.59 Å². The highest BCUT2D eigenvalue weighted by atomic mass is 16.4. The lowest BCUT2D eigenvalue weighted by atomic mass is 10.2. The molecule has 3 aromatic heterocycles. The number of aliphatic hydroxyl groups excluding tert-OH is 2. The third-order valence-electron chi connectivity index (χ3n) is 4.62. The molecule has 0 saturated carbocycles. The van der Waals surface area contributed by atoms with Crippen molar-refractivity contribution in [2.45, 2.75) is 52.2 Å². The molecular formula is C22H28N4O7. The summed E-state index contributed by atoms with van der Waals surface area (Å²) in [5.74, 6) is -1.62. The van der Waals surface area contributed by atoms with E-state index in [0.717, 1.165) is 43.4 Å². The van der Waals surface area contributed by atoms with Crippen molar-refractivity contribution >= 4 is 11.9 Å². The second-order valence-electron chi connectivity index (χ2n) is 7.22. The first kappa shape index (κ1) is 25.7. The average molecular weight is 460 g/mol. The summed E-state index contributed by atoms with van der Waals surface area (Å²) in [6.07, 6.45) is 1.11. The Hall–Kier alpha value is -3.54. The lowest BCUT2D eigenvalue weighted by molar-refractivity contribution is -0.165. The van der Waals surface area contributed by atoms with Gasteiger partial charge in [-0.05, 0) is 38.1 Å². The van der Waals surface area contributed by atoms with Gasteiger partial charge in [0, 0.05) is 32.0 Å². The molecular weight excluding hydrogens is 432 g/mol. The minimum atomic E-state index is -2.27. The van der Waals surface area contributed by atoms with Crippen LogP contribution in [-0.2, 0) is 35.8 Å². The molecule has 0 fully saturated rings. The van der Waals surface area contributed by atoms with Crippen molar-refractivity contribution in [2.75, 3.05) is 0 Å². The van der Waals surface area contributed by atoms with E-state index < -0.39 is 24.1 Å². The van der Waals surface area contributed by atoms with Gasteiger partial charge in [-0.3, -0.25) is 9.88 Å². The van der Waals surface area contributed by atoms with Gasteiger partial charge in [0.25, 0.3) is 0 Å². The number of carboxylic acid groups (broad SMARTS) is 2. The number of carbonyl (C=O) groups is 2. The van der Waals surface area contributed by atoms with E-state index in [2.05, 4.69) is 32.4 Å². The summed E-state index contributed by atoms with van der Waals surface area (Å²) in [6.45, 7) is 7.36. The molecule has 33 heavy (non-hydrogen) atoms. The Balaban J connectivity index is 0.000000328. The van der Waals surface area contributed by atoms with Crippen LogP contribution in [0.2, 0.25) is 0 Å². The number of hydrogen-bond donors (Lipinski definition) is 4. The maximum Gasteiger partial charge on any atom is 0.335 e. The first-order valence-corrected chi connectivity index (χ1v) is 10.2. The Morgan fingerprint density at radius 1 is 1.06 bits per heavy atom. The fraction of sp³-hybridized carbons (Fsp3) is 0.364. The second kappa shape index (κ2) is 12.5. The maximum atomic E-state index is 9.77. The van der Waals surface area contributed by atoms with Crippen LogP contribution in [0, 0.1) is 6.92 Å². The molecule has 2 atom stereocenters.